The van der Waals surface area contributed by atoms with Crippen LogP contribution in [-0.2, 0) is 5.41 Å². The average Bonchev–Trinajstić information content (AvgIpc) is 4.04. The summed E-state index contributed by atoms with van der Waals surface area (Å²) < 4.78 is 4.97. The third-order valence-electron chi connectivity index (χ3n) is 14.4. The van der Waals surface area contributed by atoms with Crippen LogP contribution in [0.1, 0.15) is 22.3 Å². The van der Waals surface area contributed by atoms with Gasteiger partial charge in [-0.15, -0.1) is 11.3 Å². The highest BCUT2D eigenvalue weighted by Gasteiger charge is 2.47. The van der Waals surface area contributed by atoms with Crippen molar-refractivity contribution < 1.29 is 0 Å². The lowest BCUT2D eigenvalue weighted by atomic mass is 9.68. The Balaban J connectivity index is 0.925. The lowest BCUT2D eigenvalue weighted by molar-refractivity contribution is 0.768. The van der Waals surface area contributed by atoms with Gasteiger partial charge in [-0.1, -0.05) is 176 Å². The van der Waals surface area contributed by atoms with Gasteiger partial charge in [0.1, 0.15) is 0 Å². The summed E-state index contributed by atoms with van der Waals surface area (Å²) in [4.78, 5) is 2.48. The van der Waals surface area contributed by atoms with Crippen molar-refractivity contribution in [3.05, 3.63) is 277 Å². The van der Waals surface area contributed by atoms with Gasteiger partial charge in [-0.2, -0.15) is 0 Å². The van der Waals surface area contributed by atoms with Crippen molar-refractivity contribution >= 4 is 81.1 Å². The Morgan fingerprint density at radius 3 is 1.75 bits per heavy atom. The fraction of sp³-hybridized carbons (Fsp3) is 0.0154. The molecular weight excluding hydrogens is 841 g/mol. The van der Waals surface area contributed by atoms with Gasteiger partial charge >= 0.3 is 0 Å². The summed E-state index contributed by atoms with van der Waals surface area (Å²) in [6, 6.07) is 94.3. The minimum atomic E-state index is -0.490. The number of nitrogens with zero attached hydrogens (tertiary/aromatic N) is 2. The zero-order valence-corrected chi connectivity index (χ0v) is 37.9. The molecule has 2 nitrogen and oxygen atoms in total. The molecule has 2 heterocycles. The Morgan fingerprint density at radius 1 is 0.368 bits per heavy atom. The molecule has 0 unspecified atom stereocenters. The minimum Gasteiger partial charge on any atom is -0.310 e. The minimum absolute atomic E-state index is 0.490. The zero-order valence-electron chi connectivity index (χ0n) is 37.1. The monoisotopic (exact) mass is 882 g/mol. The number of thiophene rings is 1. The molecule has 0 atom stereocenters. The number of hydrogen-bond acceptors (Lipinski definition) is 2. The first-order valence-corrected chi connectivity index (χ1v) is 24.2. The lowest BCUT2D eigenvalue weighted by Crippen LogP contribution is -2.28. The van der Waals surface area contributed by atoms with Crippen LogP contribution in [0.15, 0.2) is 255 Å². The fourth-order valence-corrected chi connectivity index (χ4v) is 12.6. The zero-order chi connectivity index (χ0) is 44.8. The number of fused-ring (bicyclic) bond motifs is 10. The molecule has 0 aliphatic heterocycles. The van der Waals surface area contributed by atoms with Gasteiger partial charge in [0.2, 0.25) is 0 Å². The summed E-state index contributed by atoms with van der Waals surface area (Å²) in [6.07, 6.45) is 0. The van der Waals surface area contributed by atoms with E-state index in [4.69, 9.17) is 0 Å². The number of hydrogen-bond donors (Lipinski definition) is 0. The van der Waals surface area contributed by atoms with Crippen molar-refractivity contribution in [2.45, 2.75) is 5.41 Å². The van der Waals surface area contributed by atoms with Crippen molar-refractivity contribution in [1.82, 2.24) is 4.57 Å². The summed E-state index contributed by atoms with van der Waals surface area (Å²) in [6.45, 7) is 0. The first-order valence-electron chi connectivity index (χ1n) is 23.4. The van der Waals surface area contributed by atoms with Crippen LogP contribution in [0.5, 0.6) is 0 Å². The standard InChI is InChI=1S/C65H42N2S/c1-5-20-47(21-6-1)65(48-22-7-2-8-23-48)57-29-16-15-28-53(57)64-58(65)30-17-31-60(64)66(49-24-9-3-10-25-49)51-34-37-62-56(42-51)52-35-32-46(41-63(52)68-62)45-33-36-59-54(39-45)55-38-43-18-13-14-19-44(43)40-61(55)67(59)50-26-11-4-12-27-50/h1-42H. The Hall–Kier alpha value is -8.50. The molecule has 0 spiro atoms. The second kappa shape index (κ2) is 15.3. The van der Waals surface area contributed by atoms with E-state index in [2.05, 4.69) is 264 Å². The smallest absolute Gasteiger partial charge is 0.0714 e. The molecule has 0 bridgehead atoms. The summed E-state index contributed by atoms with van der Waals surface area (Å²) in [7, 11) is 0. The van der Waals surface area contributed by atoms with Crippen molar-refractivity contribution in [3.8, 4) is 27.9 Å². The fourth-order valence-electron chi connectivity index (χ4n) is 11.5. The van der Waals surface area contributed by atoms with Gasteiger partial charge in [0, 0.05) is 53.6 Å². The molecule has 0 saturated heterocycles. The molecule has 0 saturated carbocycles. The van der Waals surface area contributed by atoms with Gasteiger partial charge in [0.05, 0.1) is 22.1 Å². The van der Waals surface area contributed by atoms with Gasteiger partial charge in [-0.05, 0) is 129 Å². The Labute approximate surface area is 398 Å². The number of benzene rings is 11. The Kier molecular flexibility index (Phi) is 8.71. The largest absolute Gasteiger partial charge is 0.310 e. The maximum Gasteiger partial charge on any atom is 0.0714 e. The molecule has 2 aromatic heterocycles. The normalized spacial score (nSPS) is 12.8. The van der Waals surface area contributed by atoms with Crippen LogP contribution in [0, 0.1) is 0 Å². The molecule has 0 radical (unpaired) electrons. The summed E-state index contributed by atoms with van der Waals surface area (Å²) >= 11 is 1.87. The molecule has 3 heteroatoms. The summed E-state index contributed by atoms with van der Waals surface area (Å²) in [5.74, 6) is 0. The summed E-state index contributed by atoms with van der Waals surface area (Å²) in [5, 5.41) is 7.56. The second-order valence-corrected chi connectivity index (χ2v) is 19.1. The molecule has 1 aliphatic rings. The van der Waals surface area contributed by atoms with Gasteiger partial charge in [0.15, 0.2) is 0 Å². The van der Waals surface area contributed by atoms with Crippen LogP contribution in [0.4, 0.5) is 17.1 Å². The molecule has 0 amide bonds. The van der Waals surface area contributed by atoms with E-state index in [0.29, 0.717) is 0 Å². The van der Waals surface area contributed by atoms with E-state index in [0.717, 1.165) is 17.1 Å². The molecule has 68 heavy (non-hydrogen) atoms. The summed E-state index contributed by atoms with van der Waals surface area (Å²) in [5.41, 5.74) is 16.6. The molecule has 318 valence electrons. The van der Waals surface area contributed by atoms with E-state index in [-0.39, 0.29) is 0 Å². The quantitative estimate of drug-likeness (QED) is 0.155. The number of anilines is 3. The first-order chi connectivity index (χ1) is 33.7. The first kappa shape index (κ1) is 38.7. The predicted molar refractivity (Wildman–Crippen MR) is 289 cm³/mol. The maximum atomic E-state index is 2.48. The van der Waals surface area contributed by atoms with Crippen LogP contribution in [0.3, 0.4) is 0 Å². The SMILES string of the molecule is c1ccc(N(c2ccc3sc4cc(-c5ccc6c(c5)c5cc7ccccc7cc5n6-c5ccccc5)ccc4c3c2)c2cccc3c2-c2ccccc2C3(c2ccccc2)c2ccccc2)cc1. The van der Waals surface area contributed by atoms with E-state index < -0.39 is 5.41 Å². The number of para-hydroxylation sites is 2. The maximum absolute atomic E-state index is 2.48. The Bertz CT molecular complexity index is 4040. The van der Waals surface area contributed by atoms with Gasteiger partial charge in [-0.3, -0.25) is 0 Å². The highest BCUT2D eigenvalue weighted by atomic mass is 32.1. The van der Waals surface area contributed by atoms with Crippen LogP contribution >= 0.6 is 11.3 Å². The topological polar surface area (TPSA) is 8.17 Å². The van der Waals surface area contributed by atoms with Crippen molar-refractivity contribution in [2.75, 3.05) is 4.90 Å². The number of aromatic nitrogens is 1. The molecular formula is C65H42N2S. The predicted octanol–water partition coefficient (Wildman–Crippen LogP) is 17.8. The van der Waals surface area contributed by atoms with Crippen molar-refractivity contribution in [3.63, 3.8) is 0 Å². The molecule has 0 N–H and O–H groups in total. The molecule has 0 fully saturated rings. The average molecular weight is 883 g/mol. The molecule has 11 aromatic carbocycles. The lowest BCUT2D eigenvalue weighted by Gasteiger charge is -2.34. The Morgan fingerprint density at radius 2 is 0.985 bits per heavy atom. The highest BCUT2D eigenvalue weighted by Crippen LogP contribution is 2.59. The van der Waals surface area contributed by atoms with E-state index >= 15 is 0 Å². The van der Waals surface area contributed by atoms with Crippen LogP contribution < -0.4 is 4.90 Å². The van der Waals surface area contributed by atoms with E-state index in [1.165, 1.54) is 103 Å². The van der Waals surface area contributed by atoms with Gasteiger partial charge in [-0.25, -0.2) is 0 Å². The van der Waals surface area contributed by atoms with Crippen LogP contribution in [0.2, 0.25) is 0 Å². The van der Waals surface area contributed by atoms with Gasteiger partial charge < -0.3 is 9.47 Å². The molecule has 13 aromatic rings. The van der Waals surface area contributed by atoms with Crippen molar-refractivity contribution in [1.29, 1.82) is 0 Å². The second-order valence-electron chi connectivity index (χ2n) is 18.0. The van der Waals surface area contributed by atoms with Crippen LogP contribution in [-0.4, -0.2) is 4.57 Å². The molecule has 14 rings (SSSR count). The van der Waals surface area contributed by atoms with Gasteiger partial charge in [0.25, 0.3) is 0 Å². The van der Waals surface area contributed by atoms with Crippen LogP contribution in [0.25, 0.3) is 80.7 Å². The molecule has 1 aliphatic carbocycles. The van der Waals surface area contributed by atoms with E-state index in [1.54, 1.807) is 0 Å². The third kappa shape index (κ3) is 5.76. The number of rotatable bonds is 7. The van der Waals surface area contributed by atoms with E-state index in [1.807, 2.05) is 11.3 Å². The van der Waals surface area contributed by atoms with E-state index in [9.17, 15) is 0 Å². The highest BCUT2D eigenvalue weighted by molar-refractivity contribution is 7.25. The van der Waals surface area contributed by atoms with Crippen molar-refractivity contribution in [2.24, 2.45) is 0 Å². The third-order valence-corrected chi connectivity index (χ3v) is 15.5.